The minimum Gasteiger partial charge on any atom is -0.339 e. The number of piperazine rings is 1. The first-order chi connectivity index (χ1) is 10.0. The van der Waals surface area contributed by atoms with Crippen LogP contribution in [-0.4, -0.2) is 58.1 Å². The van der Waals surface area contributed by atoms with Crippen LogP contribution in [-0.2, 0) is 17.9 Å². The first-order valence-corrected chi connectivity index (χ1v) is 7.29. The first kappa shape index (κ1) is 15.5. The molecule has 0 spiro atoms. The molecule has 1 saturated heterocycles. The highest BCUT2D eigenvalue weighted by Crippen LogP contribution is 2.00. The van der Waals surface area contributed by atoms with E-state index in [0.717, 1.165) is 24.1 Å². The molecule has 21 heavy (non-hydrogen) atoms. The van der Waals surface area contributed by atoms with Crippen molar-refractivity contribution in [1.82, 2.24) is 18.9 Å². The van der Waals surface area contributed by atoms with E-state index in [0.29, 0.717) is 19.6 Å². The van der Waals surface area contributed by atoms with Crippen molar-refractivity contribution in [1.29, 1.82) is 0 Å². The minimum atomic E-state index is -0.421. The largest absolute Gasteiger partial charge is 0.339 e. The van der Waals surface area contributed by atoms with Crippen molar-refractivity contribution in [2.75, 3.05) is 33.2 Å². The minimum absolute atomic E-state index is 0.170. The van der Waals surface area contributed by atoms with Crippen LogP contribution >= 0.6 is 0 Å². The van der Waals surface area contributed by atoms with E-state index in [-0.39, 0.29) is 12.5 Å². The second kappa shape index (κ2) is 6.71. The normalized spacial score (nSPS) is 16.2. The van der Waals surface area contributed by atoms with Gasteiger partial charge in [-0.3, -0.25) is 14.2 Å². The predicted molar refractivity (Wildman–Crippen MR) is 79.3 cm³/mol. The third kappa shape index (κ3) is 3.60. The molecule has 1 aromatic rings. The summed E-state index contributed by atoms with van der Waals surface area (Å²) in [6, 6.07) is 1.34. The highest BCUT2D eigenvalue weighted by molar-refractivity contribution is 5.76. The highest BCUT2D eigenvalue weighted by Gasteiger charge is 2.20. The Bertz CT molecular complexity index is 611. The molecule has 1 fully saturated rings. The summed E-state index contributed by atoms with van der Waals surface area (Å²) in [6.45, 7) is 5.23. The Morgan fingerprint density at radius 1 is 1.19 bits per heavy atom. The van der Waals surface area contributed by atoms with Crippen molar-refractivity contribution in [2.45, 2.75) is 26.4 Å². The quantitative estimate of drug-likeness (QED) is 0.729. The van der Waals surface area contributed by atoms with Gasteiger partial charge in [-0.05, 0) is 13.5 Å². The van der Waals surface area contributed by atoms with Gasteiger partial charge < -0.3 is 14.4 Å². The van der Waals surface area contributed by atoms with Crippen molar-refractivity contribution in [2.24, 2.45) is 0 Å². The number of carbonyl (C=O) groups is 1. The average Bonchev–Trinajstić information content (AvgIpc) is 2.47. The summed E-state index contributed by atoms with van der Waals surface area (Å²) in [5, 5.41) is 0. The van der Waals surface area contributed by atoms with Gasteiger partial charge in [0.1, 0.15) is 6.54 Å². The fourth-order valence-corrected chi connectivity index (χ4v) is 2.40. The molecule has 0 aromatic carbocycles. The SMILES string of the molecule is CCCn1ccc(=O)n(CC(=O)N2CCN(C)CC2)c1=O. The third-order valence-corrected chi connectivity index (χ3v) is 3.75. The van der Waals surface area contributed by atoms with Gasteiger partial charge in [-0.25, -0.2) is 4.79 Å². The first-order valence-electron chi connectivity index (χ1n) is 7.29. The number of rotatable bonds is 4. The van der Waals surface area contributed by atoms with E-state index >= 15 is 0 Å². The Morgan fingerprint density at radius 3 is 2.48 bits per heavy atom. The van der Waals surface area contributed by atoms with E-state index in [1.165, 1.54) is 16.8 Å². The maximum Gasteiger partial charge on any atom is 0.331 e. The standard InChI is InChI=1S/C14H22N4O3/c1-3-5-17-6-4-12(19)18(14(17)21)11-13(20)16-9-7-15(2)8-10-16/h4,6H,3,5,7-11H2,1-2H3. The fourth-order valence-electron chi connectivity index (χ4n) is 2.40. The van der Waals surface area contributed by atoms with Crippen molar-refractivity contribution < 1.29 is 4.79 Å². The molecule has 2 rings (SSSR count). The molecule has 0 radical (unpaired) electrons. The van der Waals surface area contributed by atoms with Gasteiger partial charge in [0.05, 0.1) is 0 Å². The fraction of sp³-hybridized carbons (Fsp3) is 0.643. The lowest BCUT2D eigenvalue weighted by Crippen LogP contribution is -2.50. The number of nitrogens with zero attached hydrogens (tertiary/aromatic N) is 4. The van der Waals surface area contributed by atoms with Crippen molar-refractivity contribution >= 4 is 5.91 Å². The van der Waals surface area contributed by atoms with Crippen LogP contribution in [0.1, 0.15) is 13.3 Å². The summed E-state index contributed by atoms with van der Waals surface area (Å²) >= 11 is 0. The number of aromatic nitrogens is 2. The summed E-state index contributed by atoms with van der Waals surface area (Å²) in [5.41, 5.74) is -0.832. The summed E-state index contributed by atoms with van der Waals surface area (Å²) in [7, 11) is 2.01. The van der Waals surface area contributed by atoms with Crippen LogP contribution in [0.4, 0.5) is 0 Å². The molecule has 0 atom stereocenters. The zero-order valence-electron chi connectivity index (χ0n) is 12.6. The molecule has 0 unspecified atom stereocenters. The lowest BCUT2D eigenvalue weighted by atomic mass is 10.3. The lowest BCUT2D eigenvalue weighted by Gasteiger charge is -2.32. The number of hydrogen-bond donors (Lipinski definition) is 0. The van der Waals surface area contributed by atoms with Crippen LogP contribution in [0.3, 0.4) is 0 Å². The van der Waals surface area contributed by atoms with Gasteiger partial charge in [-0.2, -0.15) is 0 Å². The van der Waals surface area contributed by atoms with Crippen molar-refractivity contribution in [3.05, 3.63) is 33.1 Å². The van der Waals surface area contributed by atoms with Crippen molar-refractivity contribution in [3.8, 4) is 0 Å². The average molecular weight is 294 g/mol. The summed E-state index contributed by atoms with van der Waals surface area (Å²) in [6.07, 6.45) is 2.29. The van der Waals surface area contributed by atoms with Crippen LogP contribution in [0.15, 0.2) is 21.9 Å². The number of hydrogen-bond acceptors (Lipinski definition) is 4. The Balaban J connectivity index is 2.15. The number of amides is 1. The van der Waals surface area contributed by atoms with Crippen LogP contribution in [0.2, 0.25) is 0 Å². The molecular weight excluding hydrogens is 272 g/mol. The number of likely N-dealkylation sites (N-methyl/N-ethyl adjacent to an activating group) is 1. The highest BCUT2D eigenvalue weighted by atomic mass is 16.2. The summed E-state index contributed by atoms with van der Waals surface area (Å²) in [5.74, 6) is -0.170. The summed E-state index contributed by atoms with van der Waals surface area (Å²) < 4.78 is 2.50. The molecule has 1 aliphatic rings. The molecular formula is C14H22N4O3. The van der Waals surface area contributed by atoms with E-state index in [4.69, 9.17) is 0 Å². The topological polar surface area (TPSA) is 67.6 Å². The molecule has 1 amide bonds. The Morgan fingerprint density at radius 2 is 1.86 bits per heavy atom. The van der Waals surface area contributed by atoms with E-state index in [1.807, 2.05) is 14.0 Å². The van der Waals surface area contributed by atoms with Crippen molar-refractivity contribution in [3.63, 3.8) is 0 Å². The third-order valence-electron chi connectivity index (χ3n) is 3.75. The van der Waals surface area contributed by atoms with Gasteiger partial charge >= 0.3 is 5.69 Å². The molecule has 7 heteroatoms. The maximum absolute atomic E-state index is 12.2. The second-order valence-corrected chi connectivity index (χ2v) is 5.40. The molecule has 2 heterocycles. The molecule has 0 saturated carbocycles. The van der Waals surface area contributed by atoms with Gasteiger partial charge in [0, 0.05) is 45.0 Å². The van der Waals surface area contributed by atoms with Gasteiger partial charge in [-0.15, -0.1) is 0 Å². The molecule has 7 nitrogen and oxygen atoms in total. The molecule has 0 N–H and O–H groups in total. The van der Waals surface area contributed by atoms with E-state index in [9.17, 15) is 14.4 Å². The van der Waals surface area contributed by atoms with Gasteiger partial charge in [0.2, 0.25) is 5.91 Å². The van der Waals surface area contributed by atoms with Crippen LogP contribution in [0.25, 0.3) is 0 Å². The van der Waals surface area contributed by atoms with E-state index in [2.05, 4.69) is 4.90 Å². The second-order valence-electron chi connectivity index (χ2n) is 5.40. The van der Waals surface area contributed by atoms with Crippen LogP contribution in [0.5, 0.6) is 0 Å². The van der Waals surface area contributed by atoms with Crippen LogP contribution < -0.4 is 11.2 Å². The van der Waals surface area contributed by atoms with Gasteiger partial charge in [-0.1, -0.05) is 6.92 Å². The number of aryl methyl sites for hydroxylation is 1. The molecule has 116 valence electrons. The molecule has 0 aliphatic carbocycles. The monoisotopic (exact) mass is 294 g/mol. The molecule has 1 aromatic heterocycles. The lowest BCUT2D eigenvalue weighted by molar-refractivity contribution is -0.133. The summed E-state index contributed by atoms with van der Waals surface area (Å²) in [4.78, 5) is 40.1. The smallest absolute Gasteiger partial charge is 0.331 e. The van der Waals surface area contributed by atoms with Crippen LogP contribution in [0, 0.1) is 0 Å². The van der Waals surface area contributed by atoms with E-state index in [1.54, 1.807) is 4.90 Å². The predicted octanol–water partition coefficient (Wildman–Crippen LogP) is -0.806. The molecule has 1 aliphatic heterocycles. The van der Waals surface area contributed by atoms with Gasteiger partial charge in [0.15, 0.2) is 0 Å². The zero-order valence-corrected chi connectivity index (χ0v) is 12.6. The Hall–Kier alpha value is -1.89. The Kier molecular flexibility index (Phi) is 4.95. The van der Waals surface area contributed by atoms with Gasteiger partial charge in [0.25, 0.3) is 5.56 Å². The Labute approximate surface area is 123 Å². The number of carbonyl (C=O) groups excluding carboxylic acids is 1. The maximum atomic E-state index is 12.2. The zero-order chi connectivity index (χ0) is 15.4. The van der Waals surface area contributed by atoms with E-state index < -0.39 is 11.2 Å². The molecule has 0 bridgehead atoms.